The van der Waals surface area contributed by atoms with Crippen molar-refractivity contribution in [1.82, 2.24) is 0 Å². The largest absolute Gasteiger partial charge is 0.673 e. The number of carbonyl (C=O) groups excluding carboxylic acids is 1. The molecule has 0 unspecified atom stereocenters. The molecule has 0 aliphatic carbocycles. The summed E-state index contributed by atoms with van der Waals surface area (Å²) in [6, 6.07) is 0. The van der Waals surface area contributed by atoms with Crippen LogP contribution in [0.2, 0.25) is 0 Å². The molecule has 0 N–H and O–H groups in total. The molecule has 0 saturated heterocycles. The standard InChI is InChI=1S/CH2O.BF4/c1-2;2-1(3,4)5/h1H2;/q;-1. The Labute approximate surface area is 37.4 Å². The minimum atomic E-state index is -6.00. The summed E-state index contributed by atoms with van der Waals surface area (Å²) in [4.78, 5) is 8.00. The van der Waals surface area contributed by atoms with Gasteiger partial charge in [-0.05, 0) is 0 Å². The quantitative estimate of drug-likeness (QED) is 0.343. The van der Waals surface area contributed by atoms with E-state index in [9.17, 15) is 17.3 Å². The fourth-order valence-electron chi connectivity index (χ4n) is 0. The highest BCUT2D eigenvalue weighted by Gasteiger charge is 2.20. The summed E-state index contributed by atoms with van der Waals surface area (Å²) in [6.45, 7) is 2.00. The Hall–Kier alpha value is -0.545. The zero-order chi connectivity index (χ0) is 6.50. The van der Waals surface area contributed by atoms with Gasteiger partial charge in [0.15, 0.2) is 0 Å². The lowest BCUT2D eigenvalue weighted by Crippen LogP contribution is -2.02. The molecule has 0 rings (SSSR count). The van der Waals surface area contributed by atoms with Gasteiger partial charge in [0.25, 0.3) is 0 Å². The Morgan fingerprint density at radius 1 is 1.00 bits per heavy atom. The molecule has 7 heavy (non-hydrogen) atoms. The first-order valence-corrected chi connectivity index (χ1v) is 1.16. The highest BCUT2D eigenvalue weighted by atomic mass is 19.5. The Balaban J connectivity index is 0. The molecule has 0 atom stereocenters. The third-order valence-corrected chi connectivity index (χ3v) is 0. The van der Waals surface area contributed by atoms with Crippen molar-refractivity contribution in [3.63, 3.8) is 0 Å². The topological polar surface area (TPSA) is 17.1 Å². The monoisotopic (exact) mass is 117 g/mol. The second kappa shape index (κ2) is 3.64. The maximum atomic E-state index is 9.75. The van der Waals surface area contributed by atoms with Crippen LogP contribution in [0.1, 0.15) is 0 Å². The predicted octanol–water partition coefficient (Wildman–Crippen LogP) is 1.12. The molecular weight excluding hydrogens is 115 g/mol. The van der Waals surface area contributed by atoms with Crippen LogP contribution in [0.15, 0.2) is 0 Å². The molecule has 0 aromatic heterocycles. The van der Waals surface area contributed by atoms with E-state index in [1.54, 1.807) is 0 Å². The van der Waals surface area contributed by atoms with Crippen LogP contribution in [0, 0.1) is 0 Å². The van der Waals surface area contributed by atoms with Crippen molar-refractivity contribution >= 4 is 14.0 Å². The minimum Gasteiger partial charge on any atom is -0.418 e. The molecule has 0 fully saturated rings. The van der Waals surface area contributed by atoms with E-state index in [1.807, 2.05) is 6.79 Å². The maximum Gasteiger partial charge on any atom is 0.673 e. The van der Waals surface area contributed by atoms with E-state index in [0.717, 1.165) is 0 Å². The molecule has 0 bridgehead atoms. The first-order chi connectivity index (χ1) is 3.00. The van der Waals surface area contributed by atoms with Gasteiger partial charge in [0.05, 0.1) is 0 Å². The molecule has 0 radical (unpaired) electrons. The van der Waals surface area contributed by atoms with E-state index < -0.39 is 7.25 Å². The molecule has 0 aromatic rings. The van der Waals surface area contributed by atoms with Gasteiger partial charge < -0.3 is 22.1 Å². The van der Waals surface area contributed by atoms with Crippen molar-refractivity contribution in [3.05, 3.63) is 0 Å². The smallest absolute Gasteiger partial charge is 0.418 e. The number of halogens is 4. The molecule has 0 saturated carbocycles. The lowest BCUT2D eigenvalue weighted by molar-refractivity contribution is -0.0979. The molecule has 6 heteroatoms. The van der Waals surface area contributed by atoms with Crippen LogP contribution in [0.5, 0.6) is 0 Å². The van der Waals surface area contributed by atoms with Crippen molar-refractivity contribution in [1.29, 1.82) is 0 Å². The van der Waals surface area contributed by atoms with E-state index in [0.29, 0.717) is 0 Å². The van der Waals surface area contributed by atoms with Gasteiger partial charge in [-0.15, -0.1) is 0 Å². The Morgan fingerprint density at radius 2 is 1.00 bits per heavy atom. The summed E-state index contributed by atoms with van der Waals surface area (Å²) >= 11 is 0. The molecule has 0 aliphatic rings. The third-order valence-electron chi connectivity index (χ3n) is 0. The average Bonchev–Trinajstić information content (AvgIpc) is 1.36. The second-order valence-corrected chi connectivity index (χ2v) is 0.495. The van der Waals surface area contributed by atoms with Gasteiger partial charge in [-0.25, -0.2) is 0 Å². The molecule has 0 aliphatic heterocycles. The van der Waals surface area contributed by atoms with Crippen molar-refractivity contribution in [3.8, 4) is 0 Å². The van der Waals surface area contributed by atoms with Gasteiger partial charge in [-0.3, -0.25) is 0 Å². The predicted molar refractivity (Wildman–Crippen MR) is 17.3 cm³/mol. The van der Waals surface area contributed by atoms with Crippen LogP contribution in [0.3, 0.4) is 0 Å². The lowest BCUT2D eigenvalue weighted by Gasteiger charge is -1.94. The average molecular weight is 117 g/mol. The van der Waals surface area contributed by atoms with E-state index in [2.05, 4.69) is 0 Å². The van der Waals surface area contributed by atoms with Gasteiger partial charge in [-0.2, -0.15) is 0 Å². The molecule has 44 valence electrons. The highest BCUT2D eigenvalue weighted by Crippen LogP contribution is 2.06. The van der Waals surface area contributed by atoms with Crippen LogP contribution in [0.4, 0.5) is 17.3 Å². The Bertz CT molecular complexity index is 35.4. The zero-order valence-corrected chi connectivity index (χ0v) is 3.20. The van der Waals surface area contributed by atoms with Crippen LogP contribution in [-0.2, 0) is 4.79 Å². The maximum absolute atomic E-state index is 9.75. The summed E-state index contributed by atoms with van der Waals surface area (Å²) < 4.78 is 39.0. The summed E-state index contributed by atoms with van der Waals surface area (Å²) in [5, 5.41) is 0. The summed E-state index contributed by atoms with van der Waals surface area (Å²) in [6.07, 6.45) is 0. The van der Waals surface area contributed by atoms with Crippen molar-refractivity contribution < 1.29 is 22.1 Å². The van der Waals surface area contributed by atoms with E-state index >= 15 is 0 Å². The van der Waals surface area contributed by atoms with Gasteiger partial charge in [-0.1, -0.05) is 0 Å². The molecule has 0 amide bonds. The Kier molecular flexibility index (Phi) is 5.03. The van der Waals surface area contributed by atoms with Crippen LogP contribution in [-0.4, -0.2) is 14.0 Å². The summed E-state index contributed by atoms with van der Waals surface area (Å²) in [5.41, 5.74) is 0. The fourth-order valence-corrected chi connectivity index (χ4v) is 0. The molecule has 0 heterocycles. The van der Waals surface area contributed by atoms with Crippen LogP contribution >= 0.6 is 0 Å². The van der Waals surface area contributed by atoms with Crippen LogP contribution in [0.25, 0.3) is 0 Å². The van der Waals surface area contributed by atoms with Gasteiger partial charge in [0.2, 0.25) is 0 Å². The van der Waals surface area contributed by atoms with Crippen molar-refractivity contribution in [2.75, 3.05) is 0 Å². The van der Waals surface area contributed by atoms with Crippen molar-refractivity contribution in [2.45, 2.75) is 0 Å². The molecular formula is CH2BF4O-. The van der Waals surface area contributed by atoms with Gasteiger partial charge in [0.1, 0.15) is 6.79 Å². The van der Waals surface area contributed by atoms with Crippen molar-refractivity contribution in [2.24, 2.45) is 0 Å². The van der Waals surface area contributed by atoms with E-state index in [-0.39, 0.29) is 0 Å². The zero-order valence-electron chi connectivity index (χ0n) is 3.20. The van der Waals surface area contributed by atoms with E-state index in [1.165, 1.54) is 0 Å². The Morgan fingerprint density at radius 3 is 1.00 bits per heavy atom. The summed E-state index contributed by atoms with van der Waals surface area (Å²) in [7, 11) is -6.00. The first kappa shape index (κ1) is 9.68. The first-order valence-electron chi connectivity index (χ1n) is 1.16. The fraction of sp³-hybridized carbons (Fsp3) is 0. The highest BCUT2D eigenvalue weighted by molar-refractivity contribution is 6.50. The number of hydrogen-bond donors (Lipinski definition) is 0. The summed E-state index contributed by atoms with van der Waals surface area (Å²) in [5.74, 6) is 0. The SMILES string of the molecule is C=O.F[B-](F)(F)F. The van der Waals surface area contributed by atoms with Gasteiger partial charge >= 0.3 is 7.25 Å². The molecule has 0 spiro atoms. The normalized spacial score (nSPS) is 9.14. The van der Waals surface area contributed by atoms with Crippen LogP contribution < -0.4 is 0 Å². The van der Waals surface area contributed by atoms with Gasteiger partial charge in [0, 0.05) is 0 Å². The number of rotatable bonds is 0. The van der Waals surface area contributed by atoms with E-state index in [4.69, 9.17) is 4.79 Å². The molecule has 1 nitrogen and oxygen atoms in total. The second-order valence-electron chi connectivity index (χ2n) is 0.495. The number of hydrogen-bond acceptors (Lipinski definition) is 1. The number of carbonyl (C=O) groups is 1. The minimum absolute atomic E-state index is 2.00. The molecule has 0 aromatic carbocycles. The lowest BCUT2D eigenvalue weighted by atomic mass is 10.3. The third kappa shape index (κ3) is 219.